The van der Waals surface area contributed by atoms with Crippen LogP contribution in [-0.4, -0.2) is 49.7 Å². The Labute approximate surface area is 170 Å². The molecule has 0 aliphatic carbocycles. The Morgan fingerprint density at radius 2 is 1.89 bits per heavy atom. The highest BCUT2D eigenvalue weighted by Crippen LogP contribution is 2.23. The topological polar surface area (TPSA) is 79.0 Å². The van der Waals surface area contributed by atoms with Crippen molar-refractivity contribution in [1.29, 1.82) is 0 Å². The summed E-state index contributed by atoms with van der Waals surface area (Å²) in [5.41, 5.74) is 1.28. The van der Waals surface area contributed by atoms with Crippen LogP contribution in [0.2, 0.25) is 5.02 Å². The summed E-state index contributed by atoms with van der Waals surface area (Å²) in [6.45, 7) is 0.614. The Balaban J connectivity index is 1.68. The van der Waals surface area contributed by atoms with E-state index in [2.05, 4.69) is 5.32 Å². The van der Waals surface area contributed by atoms with Crippen LogP contribution in [0.4, 0.5) is 5.69 Å². The summed E-state index contributed by atoms with van der Waals surface area (Å²) in [6.07, 6.45) is 0.635. The van der Waals surface area contributed by atoms with E-state index in [0.29, 0.717) is 36.0 Å². The molecule has 1 heterocycles. The number of hydrogen-bond acceptors (Lipinski definition) is 4. The van der Waals surface area contributed by atoms with Crippen LogP contribution in [-0.2, 0) is 21.5 Å². The quantitative estimate of drug-likeness (QED) is 0.774. The SMILES string of the molecule is COc1cccc(NC(=O)CN2CCCN(Cc3ccccc3Cl)S2(=O)=O)c1. The molecular formula is C19H22ClN3O4S. The minimum absolute atomic E-state index is 0.177. The van der Waals surface area contributed by atoms with Crippen LogP contribution >= 0.6 is 11.6 Å². The van der Waals surface area contributed by atoms with E-state index in [9.17, 15) is 13.2 Å². The lowest BCUT2D eigenvalue weighted by atomic mass is 10.2. The van der Waals surface area contributed by atoms with Gasteiger partial charge in [-0.25, -0.2) is 0 Å². The molecule has 0 aromatic heterocycles. The van der Waals surface area contributed by atoms with Gasteiger partial charge in [0.1, 0.15) is 5.75 Å². The summed E-state index contributed by atoms with van der Waals surface area (Å²) in [4.78, 5) is 12.4. The number of nitrogens with zero attached hydrogens (tertiary/aromatic N) is 2. The molecule has 9 heteroatoms. The van der Waals surface area contributed by atoms with Crippen LogP contribution in [0.3, 0.4) is 0 Å². The minimum atomic E-state index is -3.76. The lowest BCUT2D eigenvalue weighted by Crippen LogP contribution is -2.51. The molecule has 3 rings (SSSR count). The fourth-order valence-electron chi connectivity index (χ4n) is 3.02. The number of rotatable bonds is 6. The highest BCUT2D eigenvalue weighted by Gasteiger charge is 2.34. The normalized spacial score (nSPS) is 17.2. The molecular weight excluding hydrogens is 402 g/mol. The Bertz CT molecular complexity index is 952. The van der Waals surface area contributed by atoms with Crippen LogP contribution in [0.25, 0.3) is 0 Å². The third-order valence-corrected chi connectivity index (χ3v) is 6.74. The second kappa shape index (κ2) is 8.91. The molecule has 28 heavy (non-hydrogen) atoms. The van der Waals surface area contributed by atoms with Gasteiger partial charge in [0.2, 0.25) is 5.91 Å². The number of hydrogen-bond donors (Lipinski definition) is 1. The van der Waals surface area contributed by atoms with Gasteiger partial charge in [0.05, 0.1) is 13.7 Å². The molecule has 0 atom stereocenters. The van der Waals surface area contributed by atoms with E-state index in [1.165, 1.54) is 15.7 Å². The first-order valence-corrected chi connectivity index (χ1v) is 10.6. The van der Waals surface area contributed by atoms with Gasteiger partial charge in [0.15, 0.2) is 0 Å². The summed E-state index contributed by atoms with van der Waals surface area (Å²) in [6, 6.07) is 14.0. The van der Waals surface area contributed by atoms with Gasteiger partial charge in [0.25, 0.3) is 10.2 Å². The largest absolute Gasteiger partial charge is 0.497 e. The lowest BCUT2D eigenvalue weighted by Gasteiger charge is -2.34. The molecule has 2 aromatic rings. The molecule has 7 nitrogen and oxygen atoms in total. The van der Waals surface area contributed by atoms with E-state index in [0.717, 1.165) is 5.56 Å². The van der Waals surface area contributed by atoms with Gasteiger partial charge in [0, 0.05) is 36.4 Å². The first-order chi connectivity index (χ1) is 13.4. The van der Waals surface area contributed by atoms with Gasteiger partial charge in [-0.05, 0) is 30.2 Å². The van der Waals surface area contributed by atoms with Crippen LogP contribution in [0.1, 0.15) is 12.0 Å². The molecule has 0 spiro atoms. The monoisotopic (exact) mass is 423 g/mol. The lowest BCUT2D eigenvalue weighted by molar-refractivity contribution is -0.116. The van der Waals surface area contributed by atoms with E-state index in [1.54, 1.807) is 42.5 Å². The van der Waals surface area contributed by atoms with Crippen molar-refractivity contribution < 1.29 is 17.9 Å². The van der Waals surface area contributed by atoms with Crippen molar-refractivity contribution >= 4 is 33.4 Å². The molecule has 1 aliphatic rings. The van der Waals surface area contributed by atoms with Crippen molar-refractivity contribution in [2.75, 3.05) is 32.1 Å². The maximum atomic E-state index is 12.9. The number of anilines is 1. The first-order valence-electron chi connectivity index (χ1n) is 8.82. The zero-order valence-electron chi connectivity index (χ0n) is 15.5. The standard InChI is InChI=1S/C19H22ClN3O4S/c1-27-17-8-4-7-16(12-17)21-19(24)14-23-11-5-10-22(28(23,25)26)13-15-6-2-3-9-18(15)20/h2-4,6-9,12H,5,10-11,13-14H2,1H3,(H,21,24). The van der Waals surface area contributed by atoms with Gasteiger partial charge in [-0.3, -0.25) is 4.79 Å². The van der Waals surface area contributed by atoms with E-state index in [-0.39, 0.29) is 13.1 Å². The number of ether oxygens (including phenoxy) is 1. The summed E-state index contributed by atoms with van der Waals surface area (Å²) >= 11 is 6.16. The fourth-order valence-corrected chi connectivity index (χ4v) is 4.84. The van der Waals surface area contributed by atoms with Crippen LogP contribution in [0.5, 0.6) is 5.75 Å². The van der Waals surface area contributed by atoms with Crippen molar-refractivity contribution in [3.63, 3.8) is 0 Å². The van der Waals surface area contributed by atoms with E-state index in [4.69, 9.17) is 16.3 Å². The summed E-state index contributed by atoms with van der Waals surface area (Å²) in [7, 11) is -2.22. The molecule has 1 N–H and O–H groups in total. The number of benzene rings is 2. The van der Waals surface area contributed by atoms with Gasteiger partial charge in [-0.1, -0.05) is 35.9 Å². The van der Waals surface area contributed by atoms with Crippen molar-refractivity contribution in [1.82, 2.24) is 8.61 Å². The number of nitrogens with one attached hydrogen (secondary N) is 1. The second-order valence-corrected chi connectivity index (χ2v) is 8.74. The average molecular weight is 424 g/mol. The van der Waals surface area contributed by atoms with Crippen molar-refractivity contribution in [3.8, 4) is 5.75 Å². The Morgan fingerprint density at radius 1 is 1.14 bits per heavy atom. The predicted molar refractivity (Wildman–Crippen MR) is 109 cm³/mol. The first kappa shape index (κ1) is 20.6. The van der Waals surface area contributed by atoms with Crippen LogP contribution in [0, 0.1) is 0 Å². The smallest absolute Gasteiger partial charge is 0.282 e. The Kier molecular flexibility index (Phi) is 6.56. The van der Waals surface area contributed by atoms with Crippen molar-refractivity contribution in [2.45, 2.75) is 13.0 Å². The molecule has 0 saturated carbocycles. The maximum Gasteiger partial charge on any atom is 0.282 e. The third-order valence-electron chi connectivity index (χ3n) is 4.45. The zero-order chi connectivity index (χ0) is 20.1. The van der Waals surface area contributed by atoms with Gasteiger partial charge < -0.3 is 10.1 Å². The summed E-state index contributed by atoms with van der Waals surface area (Å²) < 4.78 is 33.5. The Hall–Kier alpha value is -2.13. The number of methoxy groups -OCH3 is 1. The molecule has 1 fully saturated rings. The van der Waals surface area contributed by atoms with E-state index >= 15 is 0 Å². The van der Waals surface area contributed by atoms with Crippen molar-refractivity contribution in [3.05, 3.63) is 59.1 Å². The summed E-state index contributed by atoms with van der Waals surface area (Å²) in [5.74, 6) is 0.200. The molecule has 1 aliphatic heterocycles. The molecule has 150 valence electrons. The van der Waals surface area contributed by atoms with Gasteiger partial charge in [-0.2, -0.15) is 17.0 Å². The molecule has 0 radical (unpaired) electrons. The van der Waals surface area contributed by atoms with E-state index < -0.39 is 16.1 Å². The molecule has 0 unspecified atom stereocenters. The van der Waals surface area contributed by atoms with E-state index in [1.807, 2.05) is 6.07 Å². The average Bonchev–Trinajstić information content (AvgIpc) is 2.67. The molecule has 2 aromatic carbocycles. The van der Waals surface area contributed by atoms with Crippen LogP contribution < -0.4 is 10.1 Å². The molecule has 0 bridgehead atoms. The number of halogens is 1. The number of amides is 1. The van der Waals surface area contributed by atoms with Gasteiger partial charge >= 0.3 is 0 Å². The van der Waals surface area contributed by atoms with Crippen LogP contribution in [0.15, 0.2) is 48.5 Å². The maximum absolute atomic E-state index is 12.9. The molecule has 1 amide bonds. The number of carbonyl (C=O) groups excluding carboxylic acids is 1. The van der Waals surface area contributed by atoms with Crippen molar-refractivity contribution in [2.24, 2.45) is 0 Å². The Morgan fingerprint density at radius 3 is 2.64 bits per heavy atom. The number of carbonyl (C=O) groups is 1. The minimum Gasteiger partial charge on any atom is -0.497 e. The van der Waals surface area contributed by atoms with Gasteiger partial charge in [-0.15, -0.1) is 0 Å². The third kappa shape index (κ3) is 4.82. The molecule has 1 saturated heterocycles. The predicted octanol–water partition coefficient (Wildman–Crippen LogP) is 2.74. The summed E-state index contributed by atoms with van der Waals surface area (Å²) in [5, 5.41) is 3.23. The highest BCUT2D eigenvalue weighted by molar-refractivity contribution is 7.86. The second-order valence-electron chi connectivity index (χ2n) is 6.40. The highest BCUT2D eigenvalue weighted by atomic mass is 35.5. The zero-order valence-corrected chi connectivity index (χ0v) is 17.0. The fraction of sp³-hybridized carbons (Fsp3) is 0.316.